The standard InChI is InChI=1S/C10H16N2O/c1-8(11)3-4-9-5-6-10(13-2)12-7-9/h5-8H,3-4,11H2,1-2H3/t8-/m1/s1. The predicted molar refractivity (Wildman–Crippen MR) is 52.8 cm³/mol. The van der Waals surface area contributed by atoms with E-state index in [-0.39, 0.29) is 6.04 Å². The molecule has 3 heteroatoms. The lowest BCUT2D eigenvalue weighted by Gasteiger charge is -2.04. The molecule has 0 unspecified atom stereocenters. The van der Waals surface area contributed by atoms with E-state index in [4.69, 9.17) is 10.5 Å². The van der Waals surface area contributed by atoms with Crippen LogP contribution in [0.15, 0.2) is 18.3 Å². The number of pyridine rings is 1. The minimum atomic E-state index is 0.252. The molecule has 0 bridgehead atoms. The molecule has 0 aliphatic rings. The SMILES string of the molecule is COc1ccc(CC[C@@H](C)N)cn1. The van der Waals surface area contributed by atoms with E-state index in [9.17, 15) is 0 Å². The smallest absolute Gasteiger partial charge is 0.212 e. The highest BCUT2D eigenvalue weighted by atomic mass is 16.5. The van der Waals surface area contributed by atoms with Gasteiger partial charge in [0.1, 0.15) is 0 Å². The first-order valence-corrected chi connectivity index (χ1v) is 4.47. The number of ether oxygens (including phenoxy) is 1. The summed E-state index contributed by atoms with van der Waals surface area (Å²) < 4.78 is 4.96. The first kappa shape index (κ1) is 9.99. The zero-order valence-electron chi connectivity index (χ0n) is 8.16. The summed E-state index contributed by atoms with van der Waals surface area (Å²) in [6, 6.07) is 4.15. The van der Waals surface area contributed by atoms with Gasteiger partial charge in [-0.2, -0.15) is 0 Å². The molecule has 0 radical (unpaired) electrons. The quantitative estimate of drug-likeness (QED) is 0.761. The maximum Gasteiger partial charge on any atom is 0.212 e. The number of aryl methyl sites for hydroxylation is 1. The molecule has 2 N–H and O–H groups in total. The second-order valence-electron chi connectivity index (χ2n) is 3.22. The highest BCUT2D eigenvalue weighted by Crippen LogP contribution is 2.08. The minimum Gasteiger partial charge on any atom is -0.481 e. The Bertz CT molecular complexity index is 244. The third-order valence-electron chi connectivity index (χ3n) is 1.90. The number of rotatable bonds is 4. The van der Waals surface area contributed by atoms with Crippen LogP contribution in [0.2, 0.25) is 0 Å². The van der Waals surface area contributed by atoms with Crippen LogP contribution in [0.25, 0.3) is 0 Å². The third-order valence-corrected chi connectivity index (χ3v) is 1.90. The fraction of sp³-hybridized carbons (Fsp3) is 0.500. The van der Waals surface area contributed by atoms with Crippen molar-refractivity contribution in [1.29, 1.82) is 0 Å². The number of hydrogen-bond donors (Lipinski definition) is 1. The van der Waals surface area contributed by atoms with Crippen molar-refractivity contribution in [2.24, 2.45) is 5.73 Å². The second-order valence-corrected chi connectivity index (χ2v) is 3.22. The Morgan fingerprint density at radius 1 is 1.54 bits per heavy atom. The molecule has 0 aliphatic heterocycles. The average Bonchev–Trinajstić information content (AvgIpc) is 2.15. The number of nitrogens with two attached hydrogens (primary N) is 1. The van der Waals surface area contributed by atoms with E-state index >= 15 is 0 Å². The summed E-state index contributed by atoms with van der Waals surface area (Å²) in [7, 11) is 1.62. The van der Waals surface area contributed by atoms with Crippen molar-refractivity contribution in [2.45, 2.75) is 25.8 Å². The van der Waals surface area contributed by atoms with Gasteiger partial charge in [-0.25, -0.2) is 4.98 Å². The molecule has 0 fully saturated rings. The normalized spacial score (nSPS) is 12.5. The van der Waals surface area contributed by atoms with E-state index in [0.29, 0.717) is 5.88 Å². The first-order chi connectivity index (χ1) is 6.22. The maximum absolute atomic E-state index is 5.65. The minimum absolute atomic E-state index is 0.252. The molecule has 0 spiro atoms. The van der Waals surface area contributed by atoms with E-state index in [1.807, 2.05) is 25.3 Å². The van der Waals surface area contributed by atoms with Crippen molar-refractivity contribution in [3.05, 3.63) is 23.9 Å². The van der Waals surface area contributed by atoms with Gasteiger partial charge in [0.2, 0.25) is 5.88 Å². The Morgan fingerprint density at radius 3 is 2.77 bits per heavy atom. The Kier molecular flexibility index (Phi) is 3.71. The van der Waals surface area contributed by atoms with Crippen LogP contribution in [-0.2, 0) is 6.42 Å². The third kappa shape index (κ3) is 3.42. The summed E-state index contributed by atoms with van der Waals surface area (Å²) in [6.07, 6.45) is 3.81. The molecule has 1 rings (SSSR count). The lowest BCUT2D eigenvalue weighted by atomic mass is 10.1. The zero-order chi connectivity index (χ0) is 9.68. The molecular weight excluding hydrogens is 164 g/mol. The summed E-state index contributed by atoms with van der Waals surface area (Å²) in [5, 5.41) is 0. The fourth-order valence-electron chi connectivity index (χ4n) is 1.07. The van der Waals surface area contributed by atoms with E-state index in [2.05, 4.69) is 4.98 Å². The van der Waals surface area contributed by atoms with Crippen LogP contribution >= 0.6 is 0 Å². The molecule has 1 aromatic heterocycles. The van der Waals surface area contributed by atoms with E-state index in [1.165, 1.54) is 5.56 Å². The lowest BCUT2D eigenvalue weighted by molar-refractivity contribution is 0.397. The molecule has 1 aromatic rings. The summed E-state index contributed by atoms with van der Waals surface area (Å²) in [6.45, 7) is 2.01. The largest absolute Gasteiger partial charge is 0.481 e. The van der Waals surface area contributed by atoms with Gasteiger partial charge in [0, 0.05) is 18.3 Å². The van der Waals surface area contributed by atoms with Gasteiger partial charge in [-0.15, -0.1) is 0 Å². The topological polar surface area (TPSA) is 48.1 Å². The highest BCUT2D eigenvalue weighted by molar-refractivity contribution is 5.17. The molecule has 1 atom stereocenters. The van der Waals surface area contributed by atoms with Crippen molar-refractivity contribution in [3.63, 3.8) is 0 Å². The Morgan fingerprint density at radius 2 is 2.31 bits per heavy atom. The monoisotopic (exact) mass is 180 g/mol. The molecule has 0 saturated carbocycles. The Hall–Kier alpha value is -1.09. The van der Waals surface area contributed by atoms with Gasteiger partial charge in [-0.05, 0) is 25.3 Å². The van der Waals surface area contributed by atoms with Crippen LogP contribution in [-0.4, -0.2) is 18.1 Å². The van der Waals surface area contributed by atoms with Crippen molar-refractivity contribution in [3.8, 4) is 5.88 Å². The van der Waals surface area contributed by atoms with Crippen molar-refractivity contribution in [2.75, 3.05) is 7.11 Å². The number of hydrogen-bond acceptors (Lipinski definition) is 3. The first-order valence-electron chi connectivity index (χ1n) is 4.47. The van der Waals surface area contributed by atoms with Crippen LogP contribution in [0.3, 0.4) is 0 Å². The van der Waals surface area contributed by atoms with Gasteiger partial charge in [0.05, 0.1) is 7.11 Å². The number of nitrogens with zero attached hydrogens (tertiary/aromatic N) is 1. The number of aromatic nitrogens is 1. The van der Waals surface area contributed by atoms with Crippen molar-refractivity contribution < 1.29 is 4.74 Å². The Balaban J connectivity index is 2.49. The van der Waals surface area contributed by atoms with Gasteiger partial charge in [0.15, 0.2) is 0 Å². The average molecular weight is 180 g/mol. The molecule has 0 saturated heterocycles. The molecule has 0 amide bonds. The molecule has 0 aliphatic carbocycles. The van der Waals surface area contributed by atoms with Gasteiger partial charge in [-0.3, -0.25) is 0 Å². The summed E-state index contributed by atoms with van der Waals surface area (Å²) in [5.74, 6) is 0.657. The summed E-state index contributed by atoms with van der Waals surface area (Å²) >= 11 is 0. The van der Waals surface area contributed by atoms with Crippen molar-refractivity contribution >= 4 is 0 Å². The second kappa shape index (κ2) is 4.82. The van der Waals surface area contributed by atoms with Crippen LogP contribution in [0.5, 0.6) is 5.88 Å². The van der Waals surface area contributed by atoms with Gasteiger partial charge in [-0.1, -0.05) is 6.07 Å². The molecule has 0 aromatic carbocycles. The van der Waals surface area contributed by atoms with E-state index < -0.39 is 0 Å². The van der Waals surface area contributed by atoms with Crippen LogP contribution in [0, 0.1) is 0 Å². The lowest BCUT2D eigenvalue weighted by Crippen LogP contribution is -2.15. The van der Waals surface area contributed by atoms with Crippen molar-refractivity contribution in [1.82, 2.24) is 4.98 Å². The predicted octanol–water partition coefficient (Wildman–Crippen LogP) is 1.37. The van der Waals surface area contributed by atoms with Gasteiger partial charge in [0.25, 0.3) is 0 Å². The van der Waals surface area contributed by atoms with Gasteiger partial charge >= 0.3 is 0 Å². The number of methoxy groups -OCH3 is 1. The Labute approximate surface area is 78.9 Å². The highest BCUT2D eigenvalue weighted by Gasteiger charge is 1.98. The van der Waals surface area contributed by atoms with E-state index in [0.717, 1.165) is 12.8 Å². The molecule has 1 heterocycles. The van der Waals surface area contributed by atoms with Gasteiger partial charge < -0.3 is 10.5 Å². The summed E-state index contributed by atoms with van der Waals surface area (Å²) in [5.41, 5.74) is 6.86. The summed E-state index contributed by atoms with van der Waals surface area (Å²) in [4.78, 5) is 4.11. The molecule has 3 nitrogen and oxygen atoms in total. The molecule has 13 heavy (non-hydrogen) atoms. The van der Waals surface area contributed by atoms with Crippen LogP contribution in [0.4, 0.5) is 0 Å². The molecular formula is C10H16N2O. The zero-order valence-corrected chi connectivity index (χ0v) is 8.16. The van der Waals surface area contributed by atoms with Crippen LogP contribution < -0.4 is 10.5 Å². The molecule has 72 valence electrons. The fourth-order valence-corrected chi connectivity index (χ4v) is 1.07. The maximum atomic E-state index is 5.65. The van der Waals surface area contributed by atoms with Crippen LogP contribution in [0.1, 0.15) is 18.9 Å². The van der Waals surface area contributed by atoms with E-state index in [1.54, 1.807) is 7.11 Å².